The Balaban J connectivity index is 2.37. The smallest absolute Gasteiger partial charge is 0.186 e. The Morgan fingerprint density at radius 1 is 1.88 bits per heavy atom. The van der Waals surface area contributed by atoms with Crippen molar-refractivity contribution in [1.82, 2.24) is 5.01 Å². The molecule has 1 heterocycles. The molecule has 0 aromatic rings. The summed E-state index contributed by atoms with van der Waals surface area (Å²) in [7, 11) is 0. The van der Waals surface area contributed by atoms with Gasteiger partial charge in [0.1, 0.15) is 0 Å². The van der Waals surface area contributed by atoms with E-state index in [9.17, 15) is 10.1 Å². The lowest BCUT2D eigenvalue weighted by Crippen LogP contribution is -2.50. The maximum Gasteiger partial charge on any atom is 0.186 e. The molecule has 0 spiro atoms. The second kappa shape index (κ2) is 1.59. The second-order valence-corrected chi connectivity index (χ2v) is 1.67. The maximum atomic E-state index is 9.76. The molecule has 0 aromatic heterocycles. The van der Waals surface area contributed by atoms with E-state index in [1.165, 1.54) is 0 Å². The number of nitrogens with zero attached hydrogens (tertiary/aromatic N) is 2. The number of rotatable bonds is 1. The third-order valence-corrected chi connectivity index (χ3v) is 1.17. The molecule has 1 fully saturated rings. The monoisotopic (exact) mass is 118 g/mol. The molecule has 46 valence electrons. The Kier molecular flexibility index (Phi) is 1.05. The largest absolute Gasteiger partial charge is 0.369 e. The third kappa shape index (κ3) is 0.604. The minimum atomic E-state index is -0.843. The summed E-state index contributed by atoms with van der Waals surface area (Å²) in [5.74, 6) is 0. The minimum Gasteiger partial charge on any atom is -0.369 e. The standard InChI is InChI=1S/C3H6N2O3/c6-3-1-2-4(3)5(7)8/h3,6H,1-2H2. The van der Waals surface area contributed by atoms with Crippen LogP contribution in [0, 0.1) is 10.1 Å². The van der Waals surface area contributed by atoms with Crippen LogP contribution in [0.1, 0.15) is 6.42 Å². The van der Waals surface area contributed by atoms with Crippen molar-refractivity contribution >= 4 is 0 Å². The molecule has 1 saturated heterocycles. The highest BCUT2D eigenvalue weighted by molar-refractivity contribution is 4.63. The fraction of sp³-hybridized carbons (Fsp3) is 1.00. The minimum absolute atomic E-state index is 0.369. The lowest BCUT2D eigenvalue weighted by molar-refractivity contribution is -0.692. The summed E-state index contributed by atoms with van der Waals surface area (Å²) in [6.07, 6.45) is -0.328. The maximum absolute atomic E-state index is 9.76. The number of nitro groups is 1. The van der Waals surface area contributed by atoms with Gasteiger partial charge in [0.15, 0.2) is 11.3 Å². The highest BCUT2D eigenvalue weighted by atomic mass is 16.7. The molecular formula is C3H6N2O3. The van der Waals surface area contributed by atoms with Crippen molar-refractivity contribution in [3.05, 3.63) is 10.1 Å². The summed E-state index contributed by atoms with van der Waals surface area (Å²) in [5, 5.41) is 18.5. The molecule has 0 aliphatic carbocycles. The Labute approximate surface area is 45.6 Å². The van der Waals surface area contributed by atoms with Crippen LogP contribution in [-0.4, -0.2) is 27.9 Å². The first-order chi connectivity index (χ1) is 3.72. The van der Waals surface area contributed by atoms with Gasteiger partial charge in [0, 0.05) is 6.42 Å². The van der Waals surface area contributed by atoms with Crippen LogP contribution < -0.4 is 0 Å². The van der Waals surface area contributed by atoms with Crippen LogP contribution in [-0.2, 0) is 0 Å². The summed E-state index contributed by atoms with van der Waals surface area (Å²) >= 11 is 0. The molecule has 0 saturated carbocycles. The summed E-state index contributed by atoms with van der Waals surface area (Å²) in [5.41, 5.74) is 0. The number of hydrazine groups is 1. The molecule has 1 N–H and O–H groups in total. The van der Waals surface area contributed by atoms with Gasteiger partial charge in [-0.25, -0.2) is 10.1 Å². The predicted octanol–water partition coefficient (Wildman–Crippen LogP) is -0.798. The van der Waals surface area contributed by atoms with Gasteiger partial charge in [-0.05, 0) is 0 Å². The van der Waals surface area contributed by atoms with Gasteiger partial charge in [0.25, 0.3) is 0 Å². The molecule has 0 amide bonds. The lowest BCUT2D eigenvalue weighted by Gasteiger charge is -2.27. The fourth-order valence-electron chi connectivity index (χ4n) is 0.551. The number of aliphatic hydroxyl groups is 1. The van der Waals surface area contributed by atoms with E-state index < -0.39 is 11.3 Å². The van der Waals surface area contributed by atoms with E-state index in [1.807, 2.05) is 0 Å². The van der Waals surface area contributed by atoms with Crippen molar-refractivity contribution in [1.29, 1.82) is 0 Å². The van der Waals surface area contributed by atoms with Crippen molar-refractivity contribution in [2.45, 2.75) is 12.6 Å². The Morgan fingerprint density at radius 2 is 2.50 bits per heavy atom. The van der Waals surface area contributed by atoms with Crippen LogP contribution in [0.2, 0.25) is 0 Å². The average molecular weight is 118 g/mol. The van der Waals surface area contributed by atoms with Crippen molar-refractivity contribution in [2.75, 3.05) is 6.54 Å². The average Bonchev–Trinajstić information content (AvgIpc) is 1.61. The number of aliphatic hydroxyl groups excluding tert-OH is 1. The van der Waals surface area contributed by atoms with Gasteiger partial charge in [-0.3, -0.25) is 0 Å². The first-order valence-corrected chi connectivity index (χ1v) is 2.31. The van der Waals surface area contributed by atoms with Crippen molar-refractivity contribution in [3.8, 4) is 0 Å². The molecule has 0 radical (unpaired) electrons. The van der Waals surface area contributed by atoms with Gasteiger partial charge in [-0.15, -0.1) is 0 Å². The molecule has 5 heteroatoms. The predicted molar refractivity (Wildman–Crippen MR) is 24.3 cm³/mol. The summed E-state index contributed by atoms with van der Waals surface area (Å²) < 4.78 is 0. The summed E-state index contributed by atoms with van der Waals surface area (Å²) in [6, 6.07) is 0. The SMILES string of the molecule is O=[N+]([O-])N1CCC1O. The van der Waals surface area contributed by atoms with Gasteiger partial charge in [-0.1, -0.05) is 5.01 Å². The molecule has 8 heavy (non-hydrogen) atoms. The van der Waals surface area contributed by atoms with Gasteiger partial charge in [-0.2, -0.15) is 0 Å². The van der Waals surface area contributed by atoms with Crippen molar-refractivity contribution < 1.29 is 10.1 Å². The zero-order valence-electron chi connectivity index (χ0n) is 4.15. The zero-order chi connectivity index (χ0) is 6.15. The fourth-order valence-corrected chi connectivity index (χ4v) is 0.551. The summed E-state index contributed by atoms with van der Waals surface area (Å²) in [4.78, 5) is 9.76. The van der Waals surface area contributed by atoms with Crippen LogP contribution in [0.25, 0.3) is 0 Å². The van der Waals surface area contributed by atoms with Gasteiger partial charge in [0.2, 0.25) is 0 Å². The third-order valence-electron chi connectivity index (χ3n) is 1.17. The highest BCUT2D eigenvalue weighted by Gasteiger charge is 2.33. The van der Waals surface area contributed by atoms with E-state index in [0.717, 1.165) is 5.01 Å². The van der Waals surface area contributed by atoms with E-state index in [4.69, 9.17) is 5.11 Å². The lowest BCUT2D eigenvalue weighted by atomic mass is 10.2. The Morgan fingerprint density at radius 3 is 2.50 bits per heavy atom. The van der Waals surface area contributed by atoms with Crippen LogP contribution in [0.15, 0.2) is 0 Å². The van der Waals surface area contributed by atoms with E-state index in [-0.39, 0.29) is 0 Å². The molecule has 1 aliphatic rings. The second-order valence-electron chi connectivity index (χ2n) is 1.67. The van der Waals surface area contributed by atoms with Crippen molar-refractivity contribution in [3.63, 3.8) is 0 Å². The molecule has 1 atom stereocenters. The van der Waals surface area contributed by atoms with E-state index >= 15 is 0 Å². The number of hydrogen-bond acceptors (Lipinski definition) is 3. The van der Waals surface area contributed by atoms with Crippen LogP contribution in [0.5, 0.6) is 0 Å². The van der Waals surface area contributed by atoms with Crippen LogP contribution >= 0.6 is 0 Å². The molecule has 5 nitrogen and oxygen atoms in total. The van der Waals surface area contributed by atoms with E-state index in [1.54, 1.807) is 0 Å². The summed E-state index contributed by atoms with van der Waals surface area (Å²) in [6.45, 7) is 0.369. The molecule has 1 aliphatic heterocycles. The molecule has 1 unspecified atom stereocenters. The molecule has 1 rings (SSSR count). The zero-order valence-corrected chi connectivity index (χ0v) is 4.15. The molecule has 0 aromatic carbocycles. The van der Waals surface area contributed by atoms with E-state index in [0.29, 0.717) is 13.0 Å². The van der Waals surface area contributed by atoms with Crippen molar-refractivity contribution in [2.24, 2.45) is 0 Å². The number of hydrogen-bond donors (Lipinski definition) is 1. The normalized spacial score (nSPS) is 27.1. The van der Waals surface area contributed by atoms with Crippen LogP contribution in [0.4, 0.5) is 0 Å². The van der Waals surface area contributed by atoms with E-state index in [2.05, 4.69) is 0 Å². The molecule has 0 bridgehead atoms. The highest BCUT2D eigenvalue weighted by Crippen LogP contribution is 2.12. The Hall–Kier alpha value is -0.840. The van der Waals surface area contributed by atoms with Gasteiger partial charge >= 0.3 is 0 Å². The van der Waals surface area contributed by atoms with Crippen LogP contribution in [0.3, 0.4) is 0 Å². The Bertz CT molecular complexity index is 115. The van der Waals surface area contributed by atoms with Gasteiger partial charge in [0.05, 0.1) is 6.54 Å². The first-order valence-electron chi connectivity index (χ1n) is 2.31. The quantitative estimate of drug-likeness (QED) is 0.361. The van der Waals surface area contributed by atoms with Gasteiger partial charge < -0.3 is 5.11 Å². The first kappa shape index (κ1) is 5.30. The topological polar surface area (TPSA) is 66.6 Å². The molecular weight excluding hydrogens is 112 g/mol.